The number of aromatic nitrogens is 3. The zero-order chi connectivity index (χ0) is 24.5. The molecule has 2 aliphatic heterocycles. The van der Waals surface area contributed by atoms with Gasteiger partial charge in [0.15, 0.2) is 11.0 Å². The van der Waals surface area contributed by atoms with Gasteiger partial charge in [-0.3, -0.25) is 4.79 Å². The second-order valence-electron chi connectivity index (χ2n) is 8.93. The molecule has 1 N–H and O–H groups in total. The second-order valence-corrected chi connectivity index (χ2v) is 11.4. The minimum Gasteiger partial charge on any atom is -0.380 e. The molecule has 2 aromatic heterocycles. The molecule has 0 aliphatic carbocycles. The Hall–Kier alpha value is -2.08. The third-order valence-electron chi connectivity index (χ3n) is 6.69. The van der Waals surface area contributed by atoms with Gasteiger partial charge in [0.05, 0.1) is 23.7 Å². The van der Waals surface area contributed by atoms with Crippen molar-refractivity contribution < 1.29 is 22.3 Å². The van der Waals surface area contributed by atoms with Crippen molar-refractivity contribution in [3.05, 3.63) is 35.0 Å². The molecule has 9 nitrogen and oxygen atoms in total. The molecule has 34 heavy (non-hydrogen) atoms. The highest BCUT2D eigenvalue weighted by Crippen LogP contribution is 2.37. The molecule has 3 atom stereocenters. The molecule has 0 saturated carbocycles. The zero-order valence-corrected chi connectivity index (χ0v) is 20.8. The van der Waals surface area contributed by atoms with E-state index in [1.54, 1.807) is 12.0 Å². The number of imidazole rings is 1. The van der Waals surface area contributed by atoms with Crippen LogP contribution in [0.5, 0.6) is 0 Å². The van der Waals surface area contributed by atoms with Gasteiger partial charge in [-0.15, -0.1) is 0 Å². The van der Waals surface area contributed by atoms with Gasteiger partial charge in [-0.05, 0) is 30.9 Å². The molecule has 2 saturated heterocycles. The molecule has 0 radical (unpaired) electrons. The van der Waals surface area contributed by atoms with Gasteiger partial charge in [-0.25, -0.2) is 27.1 Å². The number of piperidine rings is 1. The number of methoxy groups -OCH3 is 1. The van der Waals surface area contributed by atoms with Crippen molar-refractivity contribution >= 4 is 27.5 Å². The fourth-order valence-corrected chi connectivity index (χ4v) is 6.50. The van der Waals surface area contributed by atoms with Crippen LogP contribution in [0.25, 0.3) is 11.5 Å². The van der Waals surface area contributed by atoms with Crippen LogP contribution in [0.15, 0.2) is 18.3 Å². The summed E-state index contributed by atoms with van der Waals surface area (Å²) < 4.78 is 45.8. The number of sulfonamides is 1. The molecular formula is C22H29ClFN5O4S. The molecule has 4 heterocycles. The van der Waals surface area contributed by atoms with Crippen molar-refractivity contribution in [1.82, 2.24) is 24.2 Å². The quantitative estimate of drug-likeness (QED) is 0.609. The zero-order valence-electron chi connectivity index (χ0n) is 19.2. The molecule has 0 aromatic carbocycles. The number of carbonyl (C=O) groups is 1. The van der Waals surface area contributed by atoms with Gasteiger partial charge in [0.1, 0.15) is 11.5 Å². The molecule has 0 unspecified atom stereocenters. The fourth-order valence-electron chi connectivity index (χ4n) is 4.69. The van der Waals surface area contributed by atoms with Gasteiger partial charge in [0.25, 0.3) is 0 Å². The van der Waals surface area contributed by atoms with Crippen LogP contribution in [0.1, 0.15) is 37.8 Å². The van der Waals surface area contributed by atoms with Crippen LogP contribution in [0.4, 0.5) is 4.39 Å². The van der Waals surface area contributed by atoms with E-state index in [9.17, 15) is 17.6 Å². The Kier molecular flexibility index (Phi) is 7.56. The van der Waals surface area contributed by atoms with E-state index < -0.39 is 15.8 Å². The number of ether oxygens (including phenoxy) is 1. The molecule has 0 spiro atoms. The van der Waals surface area contributed by atoms with Crippen molar-refractivity contribution in [1.29, 1.82) is 0 Å². The molecule has 12 heteroatoms. The Morgan fingerprint density at radius 2 is 2.09 bits per heavy atom. The second kappa shape index (κ2) is 10.3. The maximum absolute atomic E-state index is 13.2. The van der Waals surface area contributed by atoms with E-state index in [-0.39, 0.29) is 36.0 Å². The summed E-state index contributed by atoms with van der Waals surface area (Å²) in [6.45, 7) is 3.74. The predicted molar refractivity (Wildman–Crippen MR) is 125 cm³/mol. The number of pyridine rings is 1. The summed E-state index contributed by atoms with van der Waals surface area (Å²) in [5.74, 6) is -0.395. The van der Waals surface area contributed by atoms with Gasteiger partial charge in [-0.1, -0.05) is 18.5 Å². The molecular weight excluding hydrogens is 485 g/mol. The highest BCUT2D eigenvalue weighted by Gasteiger charge is 2.36. The van der Waals surface area contributed by atoms with E-state index in [2.05, 4.69) is 15.0 Å². The van der Waals surface area contributed by atoms with Crippen molar-refractivity contribution in [2.45, 2.75) is 38.2 Å². The van der Waals surface area contributed by atoms with Crippen molar-refractivity contribution in [2.75, 3.05) is 39.0 Å². The number of amides is 1. The van der Waals surface area contributed by atoms with Crippen LogP contribution >= 0.6 is 11.6 Å². The third-order valence-corrected chi connectivity index (χ3v) is 8.82. The van der Waals surface area contributed by atoms with E-state index in [0.29, 0.717) is 49.3 Å². The number of nitrogens with zero attached hydrogens (tertiary/aromatic N) is 4. The Morgan fingerprint density at radius 3 is 2.74 bits per heavy atom. The highest BCUT2D eigenvalue weighted by molar-refractivity contribution is 7.89. The lowest BCUT2D eigenvalue weighted by atomic mass is 9.86. The fraction of sp³-hybridized carbons (Fsp3) is 0.591. The molecule has 4 rings (SSSR count). The van der Waals surface area contributed by atoms with Gasteiger partial charge in [0.2, 0.25) is 15.9 Å². The summed E-state index contributed by atoms with van der Waals surface area (Å²) in [5.41, 5.74) is 1.20. The topological polar surface area (TPSA) is 108 Å². The van der Waals surface area contributed by atoms with Crippen molar-refractivity contribution in [3.8, 4) is 11.5 Å². The minimum atomic E-state index is -3.57. The Balaban J connectivity index is 1.36. The number of H-pyrrole nitrogens is 1. The molecule has 2 aromatic rings. The van der Waals surface area contributed by atoms with Crippen LogP contribution in [0, 0.1) is 11.7 Å². The standard InChI is InChI=1S/C22H29ClFN5O4S/c1-14-12-29(34(31,32)10-7-19(30)28-8-5-16(13-28)33-2)9-6-17(14)20-21(23)27-22(26-20)18-4-3-15(24)11-25-18/h3-4,11,14,16-17H,5-10,12-13H2,1-2H3,(H,26,27)/t14-,16-,17+/m0/s1. The number of hydrogen-bond donors (Lipinski definition) is 1. The first-order valence-electron chi connectivity index (χ1n) is 11.3. The van der Waals surface area contributed by atoms with E-state index >= 15 is 0 Å². The first-order valence-corrected chi connectivity index (χ1v) is 13.3. The van der Waals surface area contributed by atoms with Crippen LogP contribution in [0.2, 0.25) is 5.15 Å². The number of nitrogens with one attached hydrogen (secondary N) is 1. The number of carbonyl (C=O) groups excluding carboxylic acids is 1. The monoisotopic (exact) mass is 513 g/mol. The summed E-state index contributed by atoms with van der Waals surface area (Å²) in [7, 11) is -1.95. The summed E-state index contributed by atoms with van der Waals surface area (Å²) in [6, 6.07) is 2.82. The van der Waals surface area contributed by atoms with E-state index in [1.807, 2.05) is 6.92 Å². The Bertz CT molecular complexity index is 1130. The van der Waals surface area contributed by atoms with Gasteiger partial charge in [-0.2, -0.15) is 0 Å². The number of aromatic amines is 1. The van der Waals surface area contributed by atoms with Gasteiger partial charge < -0.3 is 14.6 Å². The SMILES string of the molecule is CO[C@H]1CCN(C(=O)CCS(=O)(=O)N2CC[C@@H](c3[nH]c(-c4ccc(F)cn4)nc3Cl)[C@@H](C)C2)C1. The van der Waals surface area contributed by atoms with E-state index in [0.717, 1.165) is 18.3 Å². The largest absolute Gasteiger partial charge is 0.380 e. The lowest BCUT2D eigenvalue weighted by Crippen LogP contribution is -2.44. The van der Waals surface area contributed by atoms with Gasteiger partial charge in [0, 0.05) is 45.6 Å². The van der Waals surface area contributed by atoms with Crippen molar-refractivity contribution in [3.63, 3.8) is 0 Å². The summed E-state index contributed by atoms with van der Waals surface area (Å²) in [4.78, 5) is 25.7. The third kappa shape index (κ3) is 5.42. The molecule has 2 aliphatic rings. The smallest absolute Gasteiger partial charge is 0.223 e. The molecule has 186 valence electrons. The molecule has 2 fully saturated rings. The summed E-state index contributed by atoms with van der Waals surface area (Å²) in [5, 5.41) is 0.305. The normalized spacial score (nSPS) is 24.0. The maximum Gasteiger partial charge on any atom is 0.223 e. The highest BCUT2D eigenvalue weighted by atomic mass is 35.5. The summed E-state index contributed by atoms with van der Waals surface area (Å²) in [6.07, 6.45) is 2.44. The number of rotatable bonds is 7. The van der Waals surface area contributed by atoms with E-state index in [4.69, 9.17) is 16.3 Å². The number of halogens is 2. The molecule has 0 bridgehead atoms. The molecule has 1 amide bonds. The maximum atomic E-state index is 13.2. The first kappa shape index (κ1) is 25.0. The Labute approximate surface area is 203 Å². The van der Waals surface area contributed by atoms with Crippen LogP contribution in [0.3, 0.4) is 0 Å². The van der Waals surface area contributed by atoms with Gasteiger partial charge >= 0.3 is 0 Å². The van der Waals surface area contributed by atoms with E-state index in [1.165, 1.54) is 16.4 Å². The van der Waals surface area contributed by atoms with Crippen molar-refractivity contribution in [2.24, 2.45) is 5.92 Å². The van der Waals surface area contributed by atoms with Crippen LogP contribution in [-0.4, -0.2) is 83.6 Å². The van der Waals surface area contributed by atoms with Crippen LogP contribution in [-0.2, 0) is 19.6 Å². The number of likely N-dealkylation sites (tertiary alicyclic amines) is 1. The Morgan fingerprint density at radius 1 is 1.29 bits per heavy atom. The minimum absolute atomic E-state index is 0.0159. The number of hydrogen-bond acceptors (Lipinski definition) is 6. The lowest BCUT2D eigenvalue weighted by Gasteiger charge is -2.35. The van der Waals surface area contributed by atoms with Crippen LogP contribution < -0.4 is 0 Å². The lowest BCUT2D eigenvalue weighted by molar-refractivity contribution is -0.130. The average Bonchev–Trinajstić information content (AvgIpc) is 3.45. The predicted octanol–water partition coefficient (Wildman–Crippen LogP) is 2.66. The first-order chi connectivity index (χ1) is 16.2. The summed E-state index contributed by atoms with van der Waals surface area (Å²) >= 11 is 6.39. The average molecular weight is 514 g/mol.